The lowest BCUT2D eigenvalue weighted by Crippen LogP contribution is -2.29. The molecule has 0 spiro atoms. The average Bonchev–Trinajstić information content (AvgIpc) is 2.79. The zero-order valence-corrected chi connectivity index (χ0v) is 21.0. The predicted octanol–water partition coefficient (Wildman–Crippen LogP) is 6.10. The lowest BCUT2D eigenvalue weighted by atomic mass is 10.0. The number of carbonyl (C=O) groups excluding carboxylic acids is 2. The zero-order valence-electron chi connectivity index (χ0n) is 17.8. The number of carbonyl (C=O) groups is 2. The number of non-ortho nitro benzene ring substituents is 1. The molecule has 0 aromatic heterocycles. The van der Waals surface area contributed by atoms with E-state index < -0.39 is 16.7 Å². The molecule has 3 aromatic rings. The third-order valence-electron chi connectivity index (χ3n) is 5.09. The Kier molecular flexibility index (Phi) is 7.99. The van der Waals surface area contributed by atoms with Crippen LogP contribution in [0.15, 0.2) is 75.7 Å². The summed E-state index contributed by atoms with van der Waals surface area (Å²) < 4.78 is 1.83. The van der Waals surface area contributed by atoms with Gasteiger partial charge >= 0.3 is 0 Å². The Balaban J connectivity index is 1.81. The molecule has 170 valence electrons. The maximum atomic E-state index is 12.8. The second-order valence-electron chi connectivity index (χ2n) is 7.52. The normalized spacial score (nSPS) is 12.5. The number of halogens is 2. The van der Waals surface area contributed by atoms with Gasteiger partial charge in [0, 0.05) is 32.2 Å². The van der Waals surface area contributed by atoms with Gasteiger partial charge in [0.2, 0.25) is 0 Å². The van der Waals surface area contributed by atoms with Crippen molar-refractivity contribution in [2.75, 3.05) is 0 Å². The SMILES string of the molecule is C[C@@H](NC(=O)c1cc(C(=O)N[C@H](C)c2ccc(Br)cc2)cc([N+](=O)[O-])c1)c1ccc(Br)cc1. The van der Waals surface area contributed by atoms with E-state index in [-0.39, 0.29) is 28.9 Å². The lowest BCUT2D eigenvalue weighted by Gasteiger charge is -2.16. The van der Waals surface area contributed by atoms with Crippen LogP contribution >= 0.6 is 31.9 Å². The van der Waals surface area contributed by atoms with Crippen molar-refractivity contribution in [2.45, 2.75) is 25.9 Å². The molecular formula is C24H21Br2N3O4. The lowest BCUT2D eigenvalue weighted by molar-refractivity contribution is -0.384. The van der Waals surface area contributed by atoms with Crippen LogP contribution in [0.4, 0.5) is 5.69 Å². The van der Waals surface area contributed by atoms with Gasteiger partial charge in [-0.1, -0.05) is 56.1 Å². The number of hydrogen-bond acceptors (Lipinski definition) is 4. The van der Waals surface area contributed by atoms with Crippen LogP contribution in [-0.2, 0) is 0 Å². The van der Waals surface area contributed by atoms with E-state index >= 15 is 0 Å². The fraction of sp³-hybridized carbons (Fsp3) is 0.167. The molecule has 0 heterocycles. The van der Waals surface area contributed by atoms with Gasteiger partial charge in [-0.25, -0.2) is 0 Å². The summed E-state index contributed by atoms with van der Waals surface area (Å²) in [5, 5.41) is 17.1. The first-order chi connectivity index (χ1) is 15.6. The minimum absolute atomic E-state index is 0.0367. The Morgan fingerprint density at radius 2 is 1.12 bits per heavy atom. The zero-order chi connectivity index (χ0) is 24.1. The number of hydrogen-bond donors (Lipinski definition) is 2. The van der Waals surface area contributed by atoms with E-state index in [0.717, 1.165) is 20.1 Å². The molecule has 0 aliphatic carbocycles. The Bertz CT molecular complexity index is 1100. The predicted molar refractivity (Wildman–Crippen MR) is 133 cm³/mol. The van der Waals surface area contributed by atoms with Crippen LogP contribution in [0, 0.1) is 10.1 Å². The van der Waals surface area contributed by atoms with Crippen molar-refractivity contribution in [1.29, 1.82) is 0 Å². The Hall–Kier alpha value is -3.04. The first-order valence-electron chi connectivity index (χ1n) is 10.1. The summed E-state index contributed by atoms with van der Waals surface area (Å²) in [6, 6.07) is 17.9. The monoisotopic (exact) mass is 573 g/mol. The van der Waals surface area contributed by atoms with E-state index in [9.17, 15) is 19.7 Å². The molecular weight excluding hydrogens is 554 g/mol. The molecule has 7 nitrogen and oxygen atoms in total. The minimum Gasteiger partial charge on any atom is -0.346 e. The van der Waals surface area contributed by atoms with E-state index in [4.69, 9.17) is 0 Å². The van der Waals surface area contributed by atoms with Crippen molar-refractivity contribution in [1.82, 2.24) is 10.6 Å². The first-order valence-corrected chi connectivity index (χ1v) is 11.6. The number of benzene rings is 3. The van der Waals surface area contributed by atoms with Crippen molar-refractivity contribution in [3.63, 3.8) is 0 Å². The number of nitro benzene ring substituents is 1. The Morgan fingerprint density at radius 3 is 1.45 bits per heavy atom. The second kappa shape index (κ2) is 10.7. The largest absolute Gasteiger partial charge is 0.346 e. The van der Waals surface area contributed by atoms with Crippen molar-refractivity contribution in [3.8, 4) is 0 Å². The fourth-order valence-electron chi connectivity index (χ4n) is 3.21. The summed E-state index contributed by atoms with van der Waals surface area (Å²) in [5.41, 5.74) is 1.49. The van der Waals surface area contributed by atoms with Gasteiger partial charge < -0.3 is 10.6 Å². The van der Waals surface area contributed by atoms with Crippen LogP contribution < -0.4 is 10.6 Å². The molecule has 0 aliphatic rings. The summed E-state index contributed by atoms with van der Waals surface area (Å²) in [5.74, 6) is -1.02. The van der Waals surface area contributed by atoms with Crippen LogP contribution in [0.25, 0.3) is 0 Å². The highest BCUT2D eigenvalue weighted by Crippen LogP contribution is 2.22. The van der Waals surface area contributed by atoms with Crippen molar-refractivity contribution >= 4 is 49.4 Å². The third-order valence-corrected chi connectivity index (χ3v) is 6.15. The van der Waals surface area contributed by atoms with Gasteiger partial charge in [-0.2, -0.15) is 0 Å². The molecule has 0 saturated carbocycles. The quantitative estimate of drug-likeness (QED) is 0.263. The summed E-state index contributed by atoms with van der Waals surface area (Å²) in [6.07, 6.45) is 0. The summed E-state index contributed by atoms with van der Waals surface area (Å²) in [4.78, 5) is 36.5. The molecule has 3 aromatic carbocycles. The molecule has 33 heavy (non-hydrogen) atoms. The molecule has 0 radical (unpaired) electrons. The number of nitrogens with one attached hydrogen (secondary N) is 2. The highest BCUT2D eigenvalue weighted by atomic mass is 79.9. The Morgan fingerprint density at radius 1 is 0.758 bits per heavy atom. The molecule has 0 fully saturated rings. The van der Waals surface area contributed by atoms with E-state index in [0.29, 0.717) is 0 Å². The van der Waals surface area contributed by atoms with Gasteiger partial charge in [-0.15, -0.1) is 0 Å². The Labute approximate surface area is 208 Å². The molecule has 3 rings (SSSR count). The maximum Gasteiger partial charge on any atom is 0.271 e. The summed E-state index contributed by atoms with van der Waals surface area (Å²) >= 11 is 6.74. The topological polar surface area (TPSA) is 101 Å². The van der Waals surface area contributed by atoms with Crippen molar-refractivity contribution < 1.29 is 14.5 Å². The van der Waals surface area contributed by atoms with Gasteiger partial charge in [0.25, 0.3) is 17.5 Å². The number of nitro groups is 1. The molecule has 0 saturated heterocycles. The van der Waals surface area contributed by atoms with E-state index in [2.05, 4.69) is 42.5 Å². The third kappa shape index (κ3) is 6.49. The summed E-state index contributed by atoms with van der Waals surface area (Å²) in [7, 11) is 0. The number of amides is 2. The van der Waals surface area contributed by atoms with Crippen molar-refractivity contribution in [2.24, 2.45) is 0 Å². The van der Waals surface area contributed by atoms with Gasteiger partial charge in [0.05, 0.1) is 17.0 Å². The standard InChI is InChI=1S/C24H21Br2N3O4/c1-14(16-3-7-20(25)8-4-16)27-23(30)18-11-19(13-22(12-18)29(32)33)24(31)28-15(2)17-5-9-21(26)10-6-17/h3-15H,1-2H3,(H,27,30)(H,28,31)/t14-,15-/m1/s1. The van der Waals surface area contributed by atoms with Gasteiger partial charge in [0.1, 0.15) is 0 Å². The van der Waals surface area contributed by atoms with E-state index in [1.807, 2.05) is 62.4 Å². The number of nitrogens with zero attached hydrogens (tertiary/aromatic N) is 1. The van der Waals surface area contributed by atoms with E-state index in [1.54, 1.807) is 0 Å². The molecule has 2 N–H and O–H groups in total. The summed E-state index contributed by atoms with van der Waals surface area (Å²) in [6.45, 7) is 3.62. The second-order valence-corrected chi connectivity index (χ2v) is 9.35. The smallest absolute Gasteiger partial charge is 0.271 e. The molecule has 2 atom stereocenters. The number of rotatable bonds is 7. The minimum atomic E-state index is -0.621. The molecule has 2 amide bonds. The highest BCUT2D eigenvalue weighted by molar-refractivity contribution is 9.10. The van der Waals surface area contributed by atoms with Gasteiger partial charge in [0.15, 0.2) is 0 Å². The van der Waals surface area contributed by atoms with Gasteiger partial charge in [-0.05, 0) is 55.3 Å². The fourth-order valence-corrected chi connectivity index (χ4v) is 3.74. The average molecular weight is 575 g/mol. The van der Waals surface area contributed by atoms with Crippen LogP contribution in [0.1, 0.15) is 57.8 Å². The van der Waals surface area contributed by atoms with Crippen LogP contribution in [-0.4, -0.2) is 16.7 Å². The van der Waals surface area contributed by atoms with Crippen LogP contribution in [0.2, 0.25) is 0 Å². The highest BCUT2D eigenvalue weighted by Gasteiger charge is 2.20. The van der Waals surface area contributed by atoms with E-state index in [1.165, 1.54) is 18.2 Å². The van der Waals surface area contributed by atoms with Crippen LogP contribution in [0.5, 0.6) is 0 Å². The molecule has 0 aliphatic heterocycles. The maximum absolute atomic E-state index is 12.8. The molecule has 0 unspecified atom stereocenters. The first kappa shape index (κ1) is 24.6. The van der Waals surface area contributed by atoms with Crippen molar-refractivity contribution in [3.05, 3.63) is 108 Å². The molecule has 0 bridgehead atoms. The van der Waals surface area contributed by atoms with Gasteiger partial charge in [-0.3, -0.25) is 19.7 Å². The van der Waals surface area contributed by atoms with Crippen LogP contribution in [0.3, 0.4) is 0 Å². The molecule has 9 heteroatoms.